The molecule has 2 heterocycles. The molecule has 1 aromatic heterocycles. The van der Waals surface area contributed by atoms with Gasteiger partial charge in [-0.1, -0.05) is 30.3 Å². The molecule has 0 amide bonds. The Morgan fingerprint density at radius 3 is 2.88 bits per heavy atom. The van der Waals surface area contributed by atoms with Gasteiger partial charge in [-0.25, -0.2) is 9.98 Å². The Hall–Kier alpha value is -2.38. The Balaban J connectivity index is 1.38. The molecule has 0 spiro atoms. The lowest BCUT2D eigenvalue weighted by atomic mass is 10.2. The minimum Gasteiger partial charge on any atom is -0.379 e. The molecule has 1 aromatic carbocycles. The van der Waals surface area contributed by atoms with Crippen LogP contribution < -0.4 is 11.1 Å². The van der Waals surface area contributed by atoms with Crippen molar-refractivity contribution >= 4 is 5.96 Å². The van der Waals surface area contributed by atoms with Gasteiger partial charge < -0.3 is 20.8 Å². The molecular weight excluding hydrogens is 316 g/mol. The first-order valence-electron chi connectivity index (χ1n) is 8.74. The van der Waals surface area contributed by atoms with Crippen LogP contribution in [0.2, 0.25) is 0 Å². The number of aliphatic imine (C=N–C) groups is 1. The maximum atomic E-state index is 5.92. The van der Waals surface area contributed by atoms with Gasteiger partial charge >= 0.3 is 0 Å². The zero-order chi connectivity index (χ0) is 17.3. The lowest BCUT2D eigenvalue weighted by Crippen LogP contribution is -2.39. The lowest BCUT2D eigenvalue weighted by molar-refractivity contribution is 0.0376. The molecule has 0 aliphatic carbocycles. The second kappa shape index (κ2) is 9.19. The summed E-state index contributed by atoms with van der Waals surface area (Å²) in [4.78, 5) is 14.4. The number of H-pyrrole nitrogens is 1. The summed E-state index contributed by atoms with van der Waals surface area (Å²) >= 11 is 0. The van der Waals surface area contributed by atoms with Gasteiger partial charge in [0.05, 0.1) is 25.1 Å². The van der Waals surface area contributed by atoms with E-state index in [1.165, 1.54) is 0 Å². The molecule has 1 aliphatic rings. The van der Waals surface area contributed by atoms with Crippen molar-refractivity contribution in [3.05, 3.63) is 42.4 Å². The largest absolute Gasteiger partial charge is 0.379 e. The monoisotopic (exact) mass is 342 g/mol. The number of benzene rings is 1. The van der Waals surface area contributed by atoms with E-state index in [9.17, 15) is 0 Å². The number of rotatable bonds is 7. The summed E-state index contributed by atoms with van der Waals surface area (Å²) in [7, 11) is 0. The number of nitrogens with zero attached hydrogens (tertiary/aromatic N) is 3. The average molecular weight is 342 g/mol. The molecule has 0 atom stereocenters. The standard InChI is InChI=1S/C18H26N6O/c19-18(20-7-4-8-24-9-11-25-12-10-24)22-14-17-21-13-16(23-17)15-5-2-1-3-6-15/h1-3,5-6,13H,4,7-12,14H2,(H,21,23)(H3,19,20,22). The zero-order valence-corrected chi connectivity index (χ0v) is 14.4. The van der Waals surface area contributed by atoms with E-state index < -0.39 is 0 Å². The van der Waals surface area contributed by atoms with E-state index >= 15 is 0 Å². The number of nitrogens with two attached hydrogens (primary N) is 1. The normalized spacial score (nSPS) is 16.1. The van der Waals surface area contributed by atoms with Crippen molar-refractivity contribution in [3.63, 3.8) is 0 Å². The SMILES string of the molecule is NC(=NCc1ncc(-c2ccccc2)[nH]1)NCCCN1CCOCC1. The average Bonchev–Trinajstić information content (AvgIpc) is 3.14. The Morgan fingerprint density at radius 2 is 2.08 bits per heavy atom. The minimum atomic E-state index is 0.440. The molecule has 0 bridgehead atoms. The molecule has 1 fully saturated rings. The van der Waals surface area contributed by atoms with Crippen LogP contribution in [0.3, 0.4) is 0 Å². The highest BCUT2D eigenvalue weighted by molar-refractivity contribution is 5.77. The minimum absolute atomic E-state index is 0.440. The molecule has 25 heavy (non-hydrogen) atoms. The third-order valence-electron chi connectivity index (χ3n) is 4.17. The molecule has 7 heteroatoms. The van der Waals surface area contributed by atoms with Crippen LogP contribution in [0.25, 0.3) is 11.3 Å². The molecule has 0 unspecified atom stereocenters. The first kappa shape index (κ1) is 17.4. The smallest absolute Gasteiger partial charge is 0.189 e. The quantitative estimate of drug-likeness (QED) is 0.400. The van der Waals surface area contributed by atoms with E-state index in [-0.39, 0.29) is 0 Å². The van der Waals surface area contributed by atoms with E-state index in [0.717, 1.165) is 62.9 Å². The van der Waals surface area contributed by atoms with Crippen molar-refractivity contribution in [1.29, 1.82) is 0 Å². The number of ether oxygens (including phenoxy) is 1. The lowest BCUT2D eigenvalue weighted by Gasteiger charge is -2.26. The van der Waals surface area contributed by atoms with Crippen LogP contribution in [0.5, 0.6) is 0 Å². The number of imidazole rings is 1. The zero-order valence-electron chi connectivity index (χ0n) is 14.4. The van der Waals surface area contributed by atoms with Crippen LogP contribution in [0.4, 0.5) is 0 Å². The van der Waals surface area contributed by atoms with Crippen LogP contribution >= 0.6 is 0 Å². The molecule has 2 aromatic rings. The summed E-state index contributed by atoms with van der Waals surface area (Å²) in [6.45, 7) is 6.03. The summed E-state index contributed by atoms with van der Waals surface area (Å²) in [5.41, 5.74) is 8.02. The van der Waals surface area contributed by atoms with Crippen LogP contribution in [0.1, 0.15) is 12.2 Å². The van der Waals surface area contributed by atoms with Gasteiger partial charge in [-0.3, -0.25) is 4.90 Å². The van der Waals surface area contributed by atoms with E-state index in [1.807, 2.05) is 36.5 Å². The van der Waals surface area contributed by atoms with Gasteiger partial charge in [0.1, 0.15) is 12.4 Å². The predicted molar refractivity (Wildman–Crippen MR) is 99.2 cm³/mol. The Kier molecular flexibility index (Phi) is 6.42. The molecule has 0 saturated carbocycles. The first-order valence-corrected chi connectivity index (χ1v) is 8.74. The predicted octanol–water partition coefficient (Wildman–Crippen LogP) is 1.20. The maximum Gasteiger partial charge on any atom is 0.189 e. The molecular formula is C18H26N6O. The number of morpholine rings is 1. The van der Waals surface area contributed by atoms with Crippen LogP contribution in [0, 0.1) is 0 Å². The van der Waals surface area contributed by atoms with Crippen molar-refractivity contribution in [3.8, 4) is 11.3 Å². The number of guanidine groups is 1. The number of aromatic amines is 1. The summed E-state index contributed by atoms with van der Waals surface area (Å²) in [5, 5.41) is 3.16. The third-order valence-corrected chi connectivity index (χ3v) is 4.17. The summed E-state index contributed by atoms with van der Waals surface area (Å²) in [6, 6.07) is 10.1. The number of hydrogen-bond acceptors (Lipinski definition) is 4. The fourth-order valence-corrected chi connectivity index (χ4v) is 2.77. The van der Waals surface area contributed by atoms with E-state index in [1.54, 1.807) is 0 Å². The summed E-state index contributed by atoms with van der Waals surface area (Å²) in [6.07, 6.45) is 2.86. The van der Waals surface area contributed by atoms with Crippen molar-refractivity contribution in [2.75, 3.05) is 39.4 Å². The molecule has 1 aliphatic heterocycles. The van der Waals surface area contributed by atoms with E-state index in [0.29, 0.717) is 12.5 Å². The van der Waals surface area contributed by atoms with Crippen molar-refractivity contribution in [2.45, 2.75) is 13.0 Å². The van der Waals surface area contributed by atoms with E-state index in [4.69, 9.17) is 10.5 Å². The number of aromatic nitrogens is 2. The van der Waals surface area contributed by atoms with Gasteiger partial charge in [0.25, 0.3) is 0 Å². The van der Waals surface area contributed by atoms with E-state index in [2.05, 4.69) is 25.2 Å². The van der Waals surface area contributed by atoms with Crippen LogP contribution in [-0.2, 0) is 11.3 Å². The Labute approximate surface area is 148 Å². The third kappa shape index (κ3) is 5.58. The van der Waals surface area contributed by atoms with Crippen molar-refractivity contribution < 1.29 is 4.74 Å². The first-order chi connectivity index (χ1) is 12.3. The number of hydrogen-bond donors (Lipinski definition) is 3. The highest BCUT2D eigenvalue weighted by Crippen LogP contribution is 2.16. The molecule has 1 saturated heterocycles. The molecule has 0 radical (unpaired) electrons. The van der Waals surface area contributed by atoms with Gasteiger partial charge in [0.15, 0.2) is 5.96 Å². The van der Waals surface area contributed by atoms with Crippen molar-refractivity contribution in [1.82, 2.24) is 20.2 Å². The van der Waals surface area contributed by atoms with Gasteiger partial charge in [0.2, 0.25) is 0 Å². The van der Waals surface area contributed by atoms with Crippen LogP contribution in [0.15, 0.2) is 41.5 Å². The molecule has 7 nitrogen and oxygen atoms in total. The fourth-order valence-electron chi connectivity index (χ4n) is 2.77. The summed E-state index contributed by atoms with van der Waals surface area (Å²) in [5.74, 6) is 1.26. The van der Waals surface area contributed by atoms with Gasteiger partial charge in [-0.05, 0) is 18.5 Å². The van der Waals surface area contributed by atoms with Gasteiger partial charge in [-0.2, -0.15) is 0 Å². The molecule has 134 valence electrons. The second-order valence-electron chi connectivity index (χ2n) is 6.05. The Morgan fingerprint density at radius 1 is 1.28 bits per heavy atom. The molecule has 3 rings (SSSR count). The summed E-state index contributed by atoms with van der Waals surface area (Å²) < 4.78 is 5.34. The topological polar surface area (TPSA) is 91.6 Å². The van der Waals surface area contributed by atoms with Gasteiger partial charge in [0, 0.05) is 19.6 Å². The molecule has 4 N–H and O–H groups in total. The highest BCUT2D eigenvalue weighted by Gasteiger charge is 2.09. The fraction of sp³-hybridized carbons (Fsp3) is 0.444. The highest BCUT2D eigenvalue weighted by atomic mass is 16.5. The Bertz CT molecular complexity index is 663. The number of nitrogens with one attached hydrogen (secondary N) is 2. The maximum absolute atomic E-state index is 5.92. The second-order valence-corrected chi connectivity index (χ2v) is 6.05. The van der Waals surface area contributed by atoms with Crippen LogP contribution in [-0.4, -0.2) is 60.2 Å². The van der Waals surface area contributed by atoms with Crippen molar-refractivity contribution in [2.24, 2.45) is 10.7 Å². The van der Waals surface area contributed by atoms with Gasteiger partial charge in [-0.15, -0.1) is 0 Å².